The van der Waals surface area contributed by atoms with E-state index in [9.17, 15) is 9.18 Å². The number of hydrogen-bond acceptors (Lipinski definition) is 3. The molecule has 29 heavy (non-hydrogen) atoms. The molecule has 1 saturated heterocycles. The summed E-state index contributed by atoms with van der Waals surface area (Å²) in [5.41, 5.74) is 3.11. The fraction of sp³-hybridized carbons (Fsp3) is 0.273. The van der Waals surface area contributed by atoms with Gasteiger partial charge in [0.1, 0.15) is 11.5 Å². The average Bonchev–Trinajstić information content (AvgIpc) is 2.95. The minimum atomic E-state index is -0.295. The van der Waals surface area contributed by atoms with Crippen molar-refractivity contribution in [3.05, 3.63) is 76.7 Å². The van der Waals surface area contributed by atoms with Crippen LogP contribution >= 0.6 is 23.4 Å². The molecule has 1 aliphatic heterocycles. The van der Waals surface area contributed by atoms with Crippen LogP contribution in [0, 0.1) is 5.82 Å². The lowest BCUT2D eigenvalue weighted by Crippen LogP contribution is -2.34. The number of aryl methyl sites for hydroxylation is 1. The molecule has 150 valence electrons. The van der Waals surface area contributed by atoms with Gasteiger partial charge >= 0.3 is 0 Å². The van der Waals surface area contributed by atoms with Gasteiger partial charge < -0.3 is 4.90 Å². The number of halogens is 2. The number of carbonyl (C=O) groups is 1. The number of thioether (sulfide) groups is 1. The van der Waals surface area contributed by atoms with Gasteiger partial charge in [-0.25, -0.2) is 4.39 Å². The summed E-state index contributed by atoms with van der Waals surface area (Å²) in [5.74, 6) is 0.523. The lowest BCUT2D eigenvalue weighted by Gasteiger charge is -2.20. The lowest BCUT2D eigenvalue weighted by atomic mass is 10.1. The second-order valence-corrected chi connectivity index (χ2v) is 8.72. The summed E-state index contributed by atoms with van der Waals surface area (Å²) in [6.45, 7) is 1.35. The summed E-state index contributed by atoms with van der Waals surface area (Å²) in [7, 11) is 1.76. The van der Waals surface area contributed by atoms with E-state index in [0.717, 1.165) is 28.3 Å². The molecule has 0 unspecified atom stereocenters. The third-order valence-corrected chi connectivity index (χ3v) is 6.77. The first-order valence-corrected chi connectivity index (χ1v) is 10.9. The Hall–Kier alpha value is -2.31. The lowest BCUT2D eigenvalue weighted by molar-refractivity contribution is 0.0755. The second-order valence-electron chi connectivity index (χ2n) is 7.01. The summed E-state index contributed by atoms with van der Waals surface area (Å²) in [5, 5.41) is 5.51. The van der Waals surface area contributed by atoms with Gasteiger partial charge in [-0.05, 0) is 48.4 Å². The molecule has 1 amide bonds. The molecule has 1 fully saturated rings. The highest BCUT2D eigenvalue weighted by Gasteiger charge is 2.26. The van der Waals surface area contributed by atoms with Crippen molar-refractivity contribution in [3.8, 4) is 11.3 Å². The molecular formula is C22H21ClFN3OS. The Morgan fingerprint density at radius 3 is 2.69 bits per heavy atom. The van der Waals surface area contributed by atoms with E-state index in [1.807, 2.05) is 34.9 Å². The third kappa shape index (κ3) is 4.33. The standard InChI is InChI=1S/C22H21ClFN3OS/c1-26-20(14-19(25-26)15-6-8-16(24)9-7-15)22(28)27-11-10-21(29-13-12-27)17-4-2-3-5-18(17)23/h2-9,14,21H,10-13H2,1H3/t21-/m0/s1. The van der Waals surface area contributed by atoms with Crippen LogP contribution in [0.2, 0.25) is 5.02 Å². The van der Waals surface area contributed by atoms with Crippen molar-refractivity contribution in [2.75, 3.05) is 18.8 Å². The zero-order valence-electron chi connectivity index (χ0n) is 16.0. The number of amides is 1. The van der Waals surface area contributed by atoms with Crippen LogP contribution in [0.4, 0.5) is 4.39 Å². The van der Waals surface area contributed by atoms with Crippen LogP contribution in [-0.2, 0) is 7.05 Å². The van der Waals surface area contributed by atoms with Gasteiger partial charge in [0, 0.05) is 41.7 Å². The maximum absolute atomic E-state index is 13.2. The van der Waals surface area contributed by atoms with Gasteiger partial charge in [0.25, 0.3) is 5.91 Å². The highest BCUT2D eigenvalue weighted by Crippen LogP contribution is 2.38. The van der Waals surface area contributed by atoms with Crippen LogP contribution in [0.15, 0.2) is 54.6 Å². The number of hydrogen-bond donors (Lipinski definition) is 0. The van der Waals surface area contributed by atoms with Crippen LogP contribution in [0.1, 0.15) is 27.7 Å². The summed E-state index contributed by atoms with van der Waals surface area (Å²) in [6.07, 6.45) is 0.850. The molecule has 2 aromatic carbocycles. The summed E-state index contributed by atoms with van der Waals surface area (Å²) < 4.78 is 14.8. The Balaban J connectivity index is 1.50. The monoisotopic (exact) mass is 429 g/mol. The smallest absolute Gasteiger partial charge is 0.272 e. The highest BCUT2D eigenvalue weighted by molar-refractivity contribution is 7.99. The van der Waals surface area contributed by atoms with Gasteiger partial charge in [-0.15, -0.1) is 0 Å². The van der Waals surface area contributed by atoms with Gasteiger partial charge in [-0.3, -0.25) is 9.48 Å². The van der Waals surface area contributed by atoms with Crippen LogP contribution in [-0.4, -0.2) is 39.4 Å². The van der Waals surface area contributed by atoms with E-state index in [1.54, 1.807) is 29.9 Å². The predicted molar refractivity (Wildman–Crippen MR) is 116 cm³/mol. The Labute approximate surface area is 178 Å². The fourth-order valence-corrected chi connectivity index (χ4v) is 5.15. The first kappa shape index (κ1) is 20.0. The van der Waals surface area contributed by atoms with Crippen molar-refractivity contribution >= 4 is 29.3 Å². The van der Waals surface area contributed by atoms with Crippen molar-refractivity contribution in [1.82, 2.24) is 14.7 Å². The quantitative estimate of drug-likeness (QED) is 0.574. The first-order chi connectivity index (χ1) is 14.0. The minimum absolute atomic E-state index is 0.0335. The number of carbonyl (C=O) groups excluding carboxylic acids is 1. The van der Waals surface area contributed by atoms with Crippen molar-refractivity contribution in [2.45, 2.75) is 11.7 Å². The first-order valence-electron chi connectivity index (χ1n) is 9.48. The third-order valence-electron chi connectivity index (χ3n) is 5.12. The SMILES string of the molecule is Cn1nc(-c2ccc(F)cc2)cc1C(=O)N1CCS[C@H](c2ccccc2Cl)CC1. The second kappa shape index (κ2) is 8.59. The fourth-order valence-electron chi connectivity index (χ4n) is 3.55. The molecule has 3 aromatic rings. The Bertz CT molecular complexity index is 1020. The van der Waals surface area contributed by atoms with E-state index in [4.69, 9.17) is 11.6 Å². The molecule has 4 nitrogen and oxygen atoms in total. The molecule has 0 spiro atoms. The molecule has 0 N–H and O–H groups in total. The van der Waals surface area contributed by atoms with E-state index in [0.29, 0.717) is 24.5 Å². The molecule has 0 aliphatic carbocycles. The van der Waals surface area contributed by atoms with Gasteiger partial charge in [0.15, 0.2) is 0 Å². The largest absolute Gasteiger partial charge is 0.336 e. The Morgan fingerprint density at radius 1 is 1.17 bits per heavy atom. The molecule has 1 aliphatic rings. The van der Waals surface area contributed by atoms with Crippen LogP contribution in [0.5, 0.6) is 0 Å². The molecular weight excluding hydrogens is 409 g/mol. The number of rotatable bonds is 3. The van der Waals surface area contributed by atoms with Gasteiger partial charge in [-0.1, -0.05) is 29.8 Å². The van der Waals surface area contributed by atoms with Crippen molar-refractivity contribution in [3.63, 3.8) is 0 Å². The molecule has 1 atom stereocenters. The molecule has 7 heteroatoms. The summed E-state index contributed by atoms with van der Waals surface area (Å²) in [4.78, 5) is 15.0. The van der Waals surface area contributed by atoms with Crippen molar-refractivity contribution in [1.29, 1.82) is 0 Å². The molecule has 0 bridgehead atoms. The van der Waals surface area contributed by atoms with Crippen LogP contribution in [0.3, 0.4) is 0 Å². The minimum Gasteiger partial charge on any atom is -0.336 e. The van der Waals surface area contributed by atoms with Gasteiger partial charge in [0.2, 0.25) is 0 Å². The Morgan fingerprint density at radius 2 is 1.93 bits per heavy atom. The zero-order chi connectivity index (χ0) is 20.4. The summed E-state index contributed by atoms with van der Waals surface area (Å²) >= 11 is 8.21. The number of nitrogens with zero attached hydrogens (tertiary/aromatic N) is 3. The van der Waals surface area contributed by atoms with Crippen LogP contribution < -0.4 is 0 Å². The highest BCUT2D eigenvalue weighted by atomic mass is 35.5. The predicted octanol–water partition coefficient (Wildman–Crippen LogP) is 5.20. The topological polar surface area (TPSA) is 38.1 Å². The zero-order valence-corrected chi connectivity index (χ0v) is 17.6. The number of benzene rings is 2. The average molecular weight is 430 g/mol. The molecule has 0 saturated carbocycles. The van der Waals surface area contributed by atoms with E-state index in [-0.39, 0.29) is 17.0 Å². The maximum Gasteiger partial charge on any atom is 0.272 e. The van der Waals surface area contributed by atoms with Crippen LogP contribution in [0.25, 0.3) is 11.3 Å². The van der Waals surface area contributed by atoms with Gasteiger partial charge in [-0.2, -0.15) is 16.9 Å². The van der Waals surface area contributed by atoms with E-state index in [2.05, 4.69) is 11.2 Å². The Kier molecular flexibility index (Phi) is 5.92. The van der Waals surface area contributed by atoms with E-state index >= 15 is 0 Å². The van der Waals surface area contributed by atoms with E-state index < -0.39 is 0 Å². The molecule has 2 heterocycles. The molecule has 1 aromatic heterocycles. The van der Waals surface area contributed by atoms with Crippen molar-refractivity contribution < 1.29 is 9.18 Å². The normalized spacial score (nSPS) is 17.2. The maximum atomic E-state index is 13.2. The number of aromatic nitrogens is 2. The molecule has 0 radical (unpaired) electrons. The van der Waals surface area contributed by atoms with Crippen molar-refractivity contribution in [2.24, 2.45) is 7.05 Å². The molecule has 4 rings (SSSR count). The van der Waals surface area contributed by atoms with Gasteiger partial charge in [0.05, 0.1) is 5.69 Å². The van der Waals surface area contributed by atoms with E-state index in [1.165, 1.54) is 12.1 Å². The summed E-state index contributed by atoms with van der Waals surface area (Å²) in [6, 6.07) is 15.8.